The standard InChI is InChI=1S/C14H13N3O3/c15-13-10(14(16)19)5-11(17-13)7-1-2-12-8(3-7)4-9(18)6-20-12/h1-3,5,17H,4,6,15H2,(H2,16,19). The van der Waals surface area contributed by atoms with E-state index in [4.69, 9.17) is 16.2 Å². The van der Waals surface area contributed by atoms with Crippen molar-refractivity contribution >= 4 is 17.5 Å². The predicted molar refractivity (Wildman–Crippen MR) is 73.4 cm³/mol. The minimum atomic E-state index is -0.582. The molecular formula is C14H13N3O3. The number of hydrogen-bond donors (Lipinski definition) is 3. The van der Waals surface area contributed by atoms with Crippen LogP contribution in [0.5, 0.6) is 5.75 Å². The predicted octanol–water partition coefficient (Wildman–Crippen LogP) is 0.867. The Morgan fingerprint density at radius 2 is 2.10 bits per heavy atom. The van der Waals surface area contributed by atoms with Gasteiger partial charge in [0, 0.05) is 17.7 Å². The van der Waals surface area contributed by atoms with Crippen molar-refractivity contribution in [2.24, 2.45) is 5.73 Å². The Morgan fingerprint density at radius 1 is 1.30 bits per heavy atom. The molecule has 0 saturated carbocycles. The molecule has 0 spiro atoms. The van der Waals surface area contributed by atoms with Crippen LogP contribution in [0, 0.1) is 0 Å². The van der Waals surface area contributed by atoms with Gasteiger partial charge in [-0.2, -0.15) is 0 Å². The second-order valence-corrected chi connectivity index (χ2v) is 4.70. The van der Waals surface area contributed by atoms with Crippen molar-refractivity contribution in [3.05, 3.63) is 35.4 Å². The molecule has 0 aliphatic carbocycles. The molecule has 6 nitrogen and oxygen atoms in total. The molecule has 0 fully saturated rings. The van der Waals surface area contributed by atoms with Gasteiger partial charge in [-0.3, -0.25) is 9.59 Å². The molecule has 0 unspecified atom stereocenters. The number of nitrogen functional groups attached to an aromatic ring is 1. The molecule has 6 heteroatoms. The monoisotopic (exact) mass is 271 g/mol. The number of benzene rings is 1. The molecule has 1 aliphatic rings. The van der Waals surface area contributed by atoms with Crippen molar-refractivity contribution in [3.8, 4) is 17.0 Å². The number of amides is 1. The third-order valence-electron chi connectivity index (χ3n) is 3.26. The fourth-order valence-corrected chi connectivity index (χ4v) is 2.28. The summed E-state index contributed by atoms with van der Waals surface area (Å²) in [5.74, 6) is 0.403. The van der Waals surface area contributed by atoms with E-state index in [0.29, 0.717) is 17.9 Å². The number of aromatic amines is 1. The number of carbonyl (C=O) groups excluding carboxylic acids is 2. The van der Waals surface area contributed by atoms with E-state index >= 15 is 0 Å². The summed E-state index contributed by atoms with van der Waals surface area (Å²) in [5, 5.41) is 0. The molecule has 0 atom stereocenters. The van der Waals surface area contributed by atoms with E-state index in [1.165, 1.54) is 0 Å². The number of nitrogens with one attached hydrogen (secondary N) is 1. The molecule has 1 aliphatic heterocycles. The van der Waals surface area contributed by atoms with Crippen LogP contribution in [0.25, 0.3) is 11.3 Å². The van der Waals surface area contributed by atoms with Crippen molar-refractivity contribution in [3.63, 3.8) is 0 Å². The normalized spacial score (nSPS) is 13.7. The van der Waals surface area contributed by atoms with Crippen LogP contribution in [0.1, 0.15) is 15.9 Å². The molecule has 2 aromatic rings. The number of Topliss-reactive ketones (excluding diaryl/α,β-unsaturated/α-hetero) is 1. The summed E-state index contributed by atoms with van der Waals surface area (Å²) in [4.78, 5) is 25.5. The van der Waals surface area contributed by atoms with Crippen LogP contribution in [0.15, 0.2) is 24.3 Å². The molecule has 20 heavy (non-hydrogen) atoms. The van der Waals surface area contributed by atoms with Crippen molar-refractivity contribution in [1.82, 2.24) is 4.98 Å². The molecule has 1 aromatic carbocycles. The number of H-pyrrole nitrogens is 1. The zero-order valence-corrected chi connectivity index (χ0v) is 10.6. The van der Waals surface area contributed by atoms with E-state index in [1.54, 1.807) is 12.1 Å². The first-order valence-corrected chi connectivity index (χ1v) is 6.10. The van der Waals surface area contributed by atoms with Gasteiger partial charge in [0.05, 0.1) is 5.56 Å². The first kappa shape index (κ1) is 12.3. The first-order chi connectivity index (χ1) is 9.54. The molecule has 5 N–H and O–H groups in total. The number of rotatable bonds is 2. The molecule has 3 rings (SSSR count). The number of aromatic nitrogens is 1. The Balaban J connectivity index is 2.03. The van der Waals surface area contributed by atoms with Crippen LogP contribution >= 0.6 is 0 Å². The third-order valence-corrected chi connectivity index (χ3v) is 3.26. The molecule has 1 aromatic heterocycles. The quantitative estimate of drug-likeness (QED) is 0.752. The number of primary amides is 1. The van der Waals surface area contributed by atoms with E-state index in [2.05, 4.69) is 4.98 Å². The number of ketones is 1. The highest BCUT2D eigenvalue weighted by Crippen LogP contribution is 2.30. The van der Waals surface area contributed by atoms with Gasteiger partial charge in [-0.05, 0) is 29.8 Å². The minimum absolute atomic E-state index is 0.0403. The number of fused-ring (bicyclic) bond motifs is 1. The van der Waals surface area contributed by atoms with Gasteiger partial charge in [-0.25, -0.2) is 0 Å². The van der Waals surface area contributed by atoms with Gasteiger partial charge in [-0.1, -0.05) is 0 Å². The van der Waals surface area contributed by atoms with Crippen LogP contribution in [-0.4, -0.2) is 23.3 Å². The fraction of sp³-hybridized carbons (Fsp3) is 0.143. The van der Waals surface area contributed by atoms with Gasteiger partial charge in [0.15, 0.2) is 5.78 Å². The van der Waals surface area contributed by atoms with Crippen LogP contribution < -0.4 is 16.2 Å². The number of hydrogen-bond acceptors (Lipinski definition) is 4. The topological polar surface area (TPSA) is 111 Å². The van der Waals surface area contributed by atoms with Crippen molar-refractivity contribution < 1.29 is 14.3 Å². The summed E-state index contributed by atoms with van der Waals surface area (Å²) in [6, 6.07) is 7.09. The summed E-state index contributed by atoms with van der Waals surface area (Å²) in [7, 11) is 0. The summed E-state index contributed by atoms with van der Waals surface area (Å²) in [5.41, 5.74) is 13.5. The molecular weight excluding hydrogens is 258 g/mol. The van der Waals surface area contributed by atoms with E-state index < -0.39 is 5.91 Å². The van der Waals surface area contributed by atoms with E-state index in [0.717, 1.165) is 11.1 Å². The molecule has 2 heterocycles. The Bertz CT molecular complexity index is 718. The fourth-order valence-electron chi connectivity index (χ4n) is 2.28. The molecule has 1 amide bonds. The second-order valence-electron chi connectivity index (χ2n) is 4.70. The van der Waals surface area contributed by atoms with Crippen LogP contribution in [0.2, 0.25) is 0 Å². The van der Waals surface area contributed by atoms with Crippen LogP contribution in [0.3, 0.4) is 0 Å². The summed E-state index contributed by atoms with van der Waals surface area (Å²) < 4.78 is 5.34. The maximum absolute atomic E-state index is 11.4. The minimum Gasteiger partial charge on any atom is -0.486 e. The number of ether oxygens (including phenoxy) is 1. The van der Waals surface area contributed by atoms with Gasteiger partial charge in [0.1, 0.15) is 18.2 Å². The first-order valence-electron chi connectivity index (χ1n) is 6.10. The highest BCUT2D eigenvalue weighted by atomic mass is 16.5. The number of anilines is 1. The van der Waals surface area contributed by atoms with Gasteiger partial charge in [0.2, 0.25) is 0 Å². The number of nitrogens with two attached hydrogens (primary N) is 2. The third kappa shape index (κ3) is 2.01. The van der Waals surface area contributed by atoms with E-state index in [1.807, 2.05) is 12.1 Å². The van der Waals surface area contributed by atoms with Crippen LogP contribution in [-0.2, 0) is 11.2 Å². The second kappa shape index (κ2) is 4.41. The lowest BCUT2D eigenvalue weighted by atomic mass is 10.0. The summed E-state index contributed by atoms with van der Waals surface area (Å²) >= 11 is 0. The molecule has 102 valence electrons. The average Bonchev–Trinajstić information content (AvgIpc) is 2.80. The summed E-state index contributed by atoms with van der Waals surface area (Å²) in [6.07, 6.45) is 0.349. The lowest BCUT2D eigenvalue weighted by Crippen LogP contribution is -2.20. The maximum atomic E-state index is 11.4. The van der Waals surface area contributed by atoms with E-state index in [-0.39, 0.29) is 23.8 Å². The summed E-state index contributed by atoms with van der Waals surface area (Å²) in [6.45, 7) is 0.119. The lowest BCUT2D eigenvalue weighted by molar-refractivity contribution is -0.121. The Kier molecular flexibility index (Phi) is 2.71. The van der Waals surface area contributed by atoms with Crippen molar-refractivity contribution in [1.29, 1.82) is 0 Å². The van der Waals surface area contributed by atoms with Gasteiger partial charge >= 0.3 is 0 Å². The zero-order valence-electron chi connectivity index (χ0n) is 10.6. The SMILES string of the molecule is NC(=O)c1cc(-c2ccc3c(c2)CC(=O)CO3)[nH]c1N. The average molecular weight is 271 g/mol. The lowest BCUT2D eigenvalue weighted by Gasteiger charge is -2.16. The van der Waals surface area contributed by atoms with E-state index in [9.17, 15) is 9.59 Å². The maximum Gasteiger partial charge on any atom is 0.252 e. The zero-order chi connectivity index (χ0) is 14.3. The van der Waals surface area contributed by atoms with Crippen molar-refractivity contribution in [2.75, 3.05) is 12.3 Å². The number of carbonyl (C=O) groups is 2. The molecule has 0 bridgehead atoms. The largest absolute Gasteiger partial charge is 0.486 e. The van der Waals surface area contributed by atoms with Gasteiger partial charge < -0.3 is 21.2 Å². The Labute approximate surface area is 114 Å². The smallest absolute Gasteiger partial charge is 0.252 e. The van der Waals surface area contributed by atoms with Crippen LogP contribution in [0.4, 0.5) is 5.82 Å². The van der Waals surface area contributed by atoms with Gasteiger partial charge in [-0.15, -0.1) is 0 Å². The Hall–Kier alpha value is -2.76. The van der Waals surface area contributed by atoms with Crippen molar-refractivity contribution in [2.45, 2.75) is 6.42 Å². The molecule has 0 radical (unpaired) electrons. The van der Waals surface area contributed by atoms with Gasteiger partial charge in [0.25, 0.3) is 5.91 Å². The Morgan fingerprint density at radius 3 is 2.80 bits per heavy atom. The highest BCUT2D eigenvalue weighted by molar-refractivity contribution is 5.99. The highest BCUT2D eigenvalue weighted by Gasteiger charge is 2.18. The molecule has 0 saturated heterocycles.